The molecule has 0 aromatic heterocycles. The SMILES string of the molecule is CCCNC(CN(C)CCC)(C(N)=O)c1ccccc1. The fourth-order valence-electron chi connectivity index (χ4n) is 2.48. The first-order chi connectivity index (χ1) is 9.56. The lowest BCUT2D eigenvalue weighted by atomic mass is 9.88. The molecular formula is C16H27N3O. The van der Waals surface area contributed by atoms with E-state index in [4.69, 9.17) is 5.73 Å². The van der Waals surface area contributed by atoms with E-state index in [1.165, 1.54) is 0 Å². The first-order valence-electron chi connectivity index (χ1n) is 7.35. The summed E-state index contributed by atoms with van der Waals surface area (Å²) in [5.41, 5.74) is 5.88. The molecule has 0 fully saturated rings. The van der Waals surface area contributed by atoms with Crippen molar-refractivity contribution in [1.82, 2.24) is 10.2 Å². The van der Waals surface area contributed by atoms with E-state index < -0.39 is 5.54 Å². The Balaban J connectivity index is 3.10. The van der Waals surface area contributed by atoms with Crippen molar-refractivity contribution >= 4 is 5.91 Å². The quantitative estimate of drug-likeness (QED) is 0.722. The van der Waals surface area contributed by atoms with Gasteiger partial charge in [-0.3, -0.25) is 10.1 Å². The predicted octanol–water partition coefficient (Wildman–Crippen LogP) is 1.71. The monoisotopic (exact) mass is 277 g/mol. The summed E-state index contributed by atoms with van der Waals surface area (Å²) < 4.78 is 0. The molecule has 3 N–H and O–H groups in total. The van der Waals surface area contributed by atoms with E-state index in [0.29, 0.717) is 6.54 Å². The molecule has 20 heavy (non-hydrogen) atoms. The van der Waals surface area contributed by atoms with Crippen LogP contribution >= 0.6 is 0 Å². The first kappa shape index (κ1) is 16.7. The summed E-state index contributed by atoms with van der Waals surface area (Å²) in [4.78, 5) is 14.4. The fraction of sp³-hybridized carbons (Fsp3) is 0.562. The second-order valence-corrected chi connectivity index (χ2v) is 5.30. The Morgan fingerprint density at radius 2 is 1.90 bits per heavy atom. The number of benzene rings is 1. The number of primary amides is 1. The minimum atomic E-state index is -0.818. The Bertz CT molecular complexity index is 407. The van der Waals surface area contributed by atoms with Crippen molar-refractivity contribution in [3.8, 4) is 0 Å². The van der Waals surface area contributed by atoms with Crippen LogP contribution in [0.3, 0.4) is 0 Å². The number of amides is 1. The zero-order valence-corrected chi connectivity index (χ0v) is 12.9. The minimum absolute atomic E-state index is 0.319. The van der Waals surface area contributed by atoms with Crippen molar-refractivity contribution < 1.29 is 4.79 Å². The molecule has 1 rings (SSSR count). The summed E-state index contributed by atoms with van der Waals surface area (Å²) in [6.07, 6.45) is 2.01. The Hall–Kier alpha value is -1.39. The zero-order chi connectivity index (χ0) is 15.0. The van der Waals surface area contributed by atoms with Gasteiger partial charge in [-0.05, 0) is 38.5 Å². The van der Waals surface area contributed by atoms with Crippen molar-refractivity contribution in [2.45, 2.75) is 32.2 Å². The van der Waals surface area contributed by atoms with Crippen molar-refractivity contribution in [3.63, 3.8) is 0 Å². The summed E-state index contributed by atoms with van der Waals surface area (Å²) in [5.74, 6) is -0.319. The summed E-state index contributed by atoms with van der Waals surface area (Å²) in [6.45, 7) is 6.50. The van der Waals surface area contributed by atoms with Gasteiger partial charge >= 0.3 is 0 Å². The van der Waals surface area contributed by atoms with Gasteiger partial charge in [-0.15, -0.1) is 0 Å². The standard InChI is InChI=1S/C16H27N3O/c1-4-11-18-16(15(17)20,13-19(3)12-5-2)14-9-7-6-8-10-14/h6-10,18H,4-5,11-13H2,1-3H3,(H2,17,20). The fourth-order valence-corrected chi connectivity index (χ4v) is 2.48. The van der Waals surface area contributed by atoms with Crippen LogP contribution in [-0.2, 0) is 10.3 Å². The van der Waals surface area contributed by atoms with Crippen molar-refractivity contribution in [2.24, 2.45) is 5.73 Å². The van der Waals surface area contributed by atoms with Crippen molar-refractivity contribution in [2.75, 3.05) is 26.7 Å². The van der Waals surface area contributed by atoms with Crippen LogP contribution in [0.2, 0.25) is 0 Å². The molecule has 1 amide bonds. The Labute approximate surface area is 122 Å². The number of likely N-dealkylation sites (N-methyl/N-ethyl adjacent to an activating group) is 1. The molecule has 1 aromatic rings. The molecule has 112 valence electrons. The van der Waals surface area contributed by atoms with Gasteiger partial charge < -0.3 is 10.6 Å². The molecule has 0 heterocycles. The number of nitrogens with one attached hydrogen (secondary N) is 1. The molecular weight excluding hydrogens is 250 g/mol. The highest BCUT2D eigenvalue weighted by Crippen LogP contribution is 2.22. The van der Waals surface area contributed by atoms with Gasteiger partial charge in [-0.25, -0.2) is 0 Å². The smallest absolute Gasteiger partial charge is 0.243 e. The van der Waals surface area contributed by atoms with Gasteiger partial charge in [0, 0.05) is 6.54 Å². The van der Waals surface area contributed by atoms with E-state index in [0.717, 1.165) is 31.5 Å². The maximum absolute atomic E-state index is 12.2. The van der Waals surface area contributed by atoms with Gasteiger partial charge in [0.2, 0.25) is 5.91 Å². The number of nitrogens with two attached hydrogens (primary N) is 1. The molecule has 0 aliphatic rings. The third-order valence-corrected chi connectivity index (χ3v) is 3.48. The molecule has 0 bridgehead atoms. The summed E-state index contributed by atoms with van der Waals surface area (Å²) in [5, 5.41) is 3.37. The van der Waals surface area contributed by atoms with E-state index in [1.54, 1.807) is 0 Å². The van der Waals surface area contributed by atoms with Gasteiger partial charge in [-0.2, -0.15) is 0 Å². The van der Waals surface area contributed by atoms with Crippen LogP contribution in [-0.4, -0.2) is 37.5 Å². The minimum Gasteiger partial charge on any atom is -0.368 e. The largest absolute Gasteiger partial charge is 0.368 e. The summed E-state index contributed by atoms with van der Waals surface area (Å²) >= 11 is 0. The third-order valence-electron chi connectivity index (χ3n) is 3.48. The lowest BCUT2D eigenvalue weighted by Crippen LogP contribution is -2.58. The molecule has 0 aliphatic carbocycles. The third kappa shape index (κ3) is 4.05. The van der Waals surface area contributed by atoms with E-state index in [2.05, 4.69) is 24.1 Å². The number of rotatable bonds is 9. The molecule has 1 unspecified atom stereocenters. The Kier molecular flexibility index (Phi) is 6.68. The molecule has 0 radical (unpaired) electrons. The van der Waals surface area contributed by atoms with E-state index >= 15 is 0 Å². The maximum Gasteiger partial charge on any atom is 0.243 e. The normalized spacial score (nSPS) is 14.2. The highest BCUT2D eigenvalue weighted by atomic mass is 16.1. The maximum atomic E-state index is 12.2. The van der Waals surface area contributed by atoms with Gasteiger partial charge in [0.15, 0.2) is 0 Å². The van der Waals surface area contributed by atoms with Crippen LogP contribution in [0.4, 0.5) is 0 Å². The second-order valence-electron chi connectivity index (χ2n) is 5.30. The van der Waals surface area contributed by atoms with Crippen LogP contribution in [0.5, 0.6) is 0 Å². The molecule has 0 aliphatic heterocycles. The summed E-state index contributed by atoms with van der Waals surface area (Å²) in [6, 6.07) is 9.77. The van der Waals surface area contributed by atoms with Crippen LogP contribution in [0, 0.1) is 0 Å². The highest BCUT2D eigenvalue weighted by molar-refractivity contribution is 5.86. The average molecular weight is 277 g/mol. The lowest BCUT2D eigenvalue weighted by molar-refractivity contribution is -0.125. The predicted molar refractivity (Wildman–Crippen MR) is 83.4 cm³/mol. The highest BCUT2D eigenvalue weighted by Gasteiger charge is 2.38. The van der Waals surface area contributed by atoms with E-state index in [-0.39, 0.29) is 5.91 Å². The van der Waals surface area contributed by atoms with Crippen molar-refractivity contribution in [3.05, 3.63) is 35.9 Å². The number of hydrogen-bond donors (Lipinski definition) is 2. The van der Waals surface area contributed by atoms with Crippen LogP contribution in [0.25, 0.3) is 0 Å². The summed E-state index contributed by atoms with van der Waals surface area (Å²) in [7, 11) is 2.03. The Morgan fingerprint density at radius 1 is 1.25 bits per heavy atom. The number of hydrogen-bond acceptors (Lipinski definition) is 3. The first-order valence-corrected chi connectivity index (χ1v) is 7.35. The number of carbonyl (C=O) groups is 1. The molecule has 0 spiro atoms. The van der Waals surface area contributed by atoms with Gasteiger partial charge in [0.1, 0.15) is 5.54 Å². The van der Waals surface area contributed by atoms with Crippen molar-refractivity contribution in [1.29, 1.82) is 0 Å². The number of nitrogens with zero attached hydrogens (tertiary/aromatic N) is 1. The van der Waals surface area contributed by atoms with Crippen LogP contribution < -0.4 is 11.1 Å². The molecule has 1 aromatic carbocycles. The average Bonchev–Trinajstić information content (AvgIpc) is 2.44. The molecule has 4 heteroatoms. The number of carbonyl (C=O) groups excluding carboxylic acids is 1. The van der Waals surface area contributed by atoms with E-state index in [9.17, 15) is 4.79 Å². The van der Waals surface area contributed by atoms with Crippen LogP contribution in [0.1, 0.15) is 32.3 Å². The van der Waals surface area contributed by atoms with Crippen LogP contribution in [0.15, 0.2) is 30.3 Å². The molecule has 1 atom stereocenters. The van der Waals surface area contributed by atoms with Gasteiger partial charge in [0.05, 0.1) is 0 Å². The van der Waals surface area contributed by atoms with Gasteiger partial charge in [0.25, 0.3) is 0 Å². The molecule has 0 saturated carbocycles. The lowest BCUT2D eigenvalue weighted by Gasteiger charge is -2.36. The molecule has 4 nitrogen and oxygen atoms in total. The molecule has 0 saturated heterocycles. The second kappa shape index (κ2) is 8.02. The van der Waals surface area contributed by atoms with E-state index in [1.807, 2.05) is 37.4 Å². The van der Waals surface area contributed by atoms with Gasteiger partial charge in [-0.1, -0.05) is 44.2 Å². The Morgan fingerprint density at radius 3 is 2.40 bits per heavy atom. The topological polar surface area (TPSA) is 58.4 Å². The zero-order valence-electron chi connectivity index (χ0n) is 12.9.